The molecule has 0 fully saturated rings. The first-order valence-corrected chi connectivity index (χ1v) is 7.47. The summed E-state index contributed by atoms with van der Waals surface area (Å²) < 4.78 is 25.2. The number of aryl methyl sites for hydroxylation is 1. The molecule has 0 radical (unpaired) electrons. The monoisotopic (exact) mass is 312 g/mol. The van der Waals surface area contributed by atoms with E-state index in [1.54, 1.807) is 12.1 Å². The summed E-state index contributed by atoms with van der Waals surface area (Å²) in [5, 5.41) is 2.84. The fourth-order valence-corrected chi connectivity index (χ4v) is 2.87. The maximum Gasteiger partial charge on any atom is 0.261 e. The van der Waals surface area contributed by atoms with Crippen molar-refractivity contribution < 1.29 is 18.3 Å². The number of benzene rings is 1. The highest BCUT2D eigenvalue weighted by atomic mass is 32.2. The van der Waals surface area contributed by atoms with Crippen LogP contribution in [0.15, 0.2) is 28.6 Å². The largest absolute Gasteiger partial charge is 0.496 e. The number of hydrogen-bond acceptors (Lipinski definition) is 5. The van der Waals surface area contributed by atoms with Crippen LogP contribution in [0.2, 0.25) is 0 Å². The van der Waals surface area contributed by atoms with Gasteiger partial charge in [0.2, 0.25) is 0 Å². The smallest absolute Gasteiger partial charge is 0.261 e. The molecule has 1 heterocycles. The van der Waals surface area contributed by atoms with Crippen molar-refractivity contribution in [2.75, 3.05) is 12.4 Å². The zero-order valence-corrected chi connectivity index (χ0v) is 12.4. The third-order valence-electron chi connectivity index (χ3n) is 2.54. The number of aromatic nitrogens is 1. The first kappa shape index (κ1) is 14.6. The van der Waals surface area contributed by atoms with E-state index in [0.717, 1.165) is 16.9 Å². The van der Waals surface area contributed by atoms with Crippen molar-refractivity contribution in [2.45, 2.75) is 11.1 Å². The number of rotatable bonds is 4. The maximum atomic E-state index is 12.2. The number of hydrogen-bond donors (Lipinski definition) is 2. The van der Waals surface area contributed by atoms with Crippen molar-refractivity contribution in [3.63, 3.8) is 0 Å². The third-order valence-corrected chi connectivity index (χ3v) is 4.37. The van der Waals surface area contributed by atoms with Gasteiger partial charge in [0, 0.05) is 0 Å². The minimum atomic E-state index is -2.10. The first-order chi connectivity index (χ1) is 9.52. The van der Waals surface area contributed by atoms with Crippen LogP contribution in [0.3, 0.4) is 0 Å². The Hall–Kier alpha value is -1.77. The molecule has 106 valence electrons. The summed E-state index contributed by atoms with van der Waals surface area (Å²) in [5.41, 5.74) is 1.23. The summed E-state index contributed by atoms with van der Waals surface area (Å²) in [6, 6.07) is 5.23. The van der Waals surface area contributed by atoms with Gasteiger partial charge in [0.15, 0.2) is 16.2 Å². The molecule has 0 aliphatic rings. The lowest BCUT2D eigenvalue weighted by Crippen LogP contribution is -2.13. The van der Waals surface area contributed by atoms with E-state index >= 15 is 0 Å². The second-order valence-corrected chi connectivity index (χ2v) is 6.07. The lowest BCUT2D eigenvalue weighted by Gasteiger charge is -2.10. The molecule has 8 heteroatoms. The summed E-state index contributed by atoms with van der Waals surface area (Å²) in [4.78, 5) is 16.0. The summed E-state index contributed by atoms with van der Waals surface area (Å²) in [6.07, 6.45) is 1.25. The number of carbonyl (C=O) groups excluding carboxylic acids is 1. The van der Waals surface area contributed by atoms with E-state index in [-0.39, 0.29) is 15.2 Å². The molecule has 1 atom stereocenters. The van der Waals surface area contributed by atoms with Crippen molar-refractivity contribution >= 4 is 33.5 Å². The number of para-hydroxylation sites is 1. The second kappa shape index (κ2) is 6.12. The first-order valence-electron chi connectivity index (χ1n) is 5.54. The molecule has 6 nitrogen and oxygen atoms in total. The van der Waals surface area contributed by atoms with Crippen LogP contribution in [0.1, 0.15) is 15.9 Å². The SMILES string of the molecule is COc1c(C)cccc1C(=O)Nc1ncc(S(=O)O)s1. The Kier molecular flexibility index (Phi) is 4.48. The molecule has 1 aromatic heterocycles. The van der Waals surface area contributed by atoms with Gasteiger partial charge in [0.1, 0.15) is 9.96 Å². The summed E-state index contributed by atoms with van der Waals surface area (Å²) >= 11 is -1.15. The number of ether oxygens (including phenoxy) is 1. The average Bonchev–Trinajstić information content (AvgIpc) is 2.87. The predicted molar refractivity (Wildman–Crippen MR) is 76.8 cm³/mol. The van der Waals surface area contributed by atoms with Crippen molar-refractivity contribution in [3.8, 4) is 5.75 Å². The van der Waals surface area contributed by atoms with Crippen LogP contribution < -0.4 is 10.1 Å². The van der Waals surface area contributed by atoms with E-state index in [4.69, 9.17) is 9.29 Å². The Morgan fingerprint density at radius 3 is 2.85 bits per heavy atom. The van der Waals surface area contributed by atoms with Gasteiger partial charge < -0.3 is 9.29 Å². The van der Waals surface area contributed by atoms with E-state index in [9.17, 15) is 9.00 Å². The van der Waals surface area contributed by atoms with Crippen molar-refractivity contribution in [1.29, 1.82) is 0 Å². The normalized spacial score (nSPS) is 11.9. The third kappa shape index (κ3) is 3.03. The quantitative estimate of drug-likeness (QED) is 0.846. The van der Waals surface area contributed by atoms with Crippen molar-refractivity contribution in [2.24, 2.45) is 0 Å². The van der Waals surface area contributed by atoms with E-state index in [1.807, 2.05) is 13.0 Å². The molecule has 0 aliphatic heterocycles. The molecule has 2 N–H and O–H groups in total. The lowest BCUT2D eigenvalue weighted by atomic mass is 10.1. The van der Waals surface area contributed by atoms with Crippen LogP contribution in [0, 0.1) is 6.92 Å². The molecular formula is C12H12N2O4S2. The Bertz CT molecular complexity index is 669. The van der Waals surface area contributed by atoms with Gasteiger partial charge in [0.25, 0.3) is 5.91 Å². The highest BCUT2D eigenvalue weighted by Gasteiger charge is 2.16. The van der Waals surface area contributed by atoms with Gasteiger partial charge in [0.05, 0.1) is 18.9 Å². The van der Waals surface area contributed by atoms with E-state index < -0.39 is 11.1 Å². The highest BCUT2D eigenvalue weighted by Crippen LogP contribution is 2.25. The van der Waals surface area contributed by atoms with Crippen LogP contribution in [0.25, 0.3) is 0 Å². The number of amides is 1. The molecule has 2 aromatic rings. The molecule has 0 spiro atoms. The van der Waals surface area contributed by atoms with Gasteiger partial charge >= 0.3 is 0 Å². The van der Waals surface area contributed by atoms with Crippen LogP contribution in [0.4, 0.5) is 5.13 Å². The number of anilines is 1. The van der Waals surface area contributed by atoms with Gasteiger partial charge in [-0.3, -0.25) is 10.1 Å². The van der Waals surface area contributed by atoms with Gasteiger partial charge in [-0.15, -0.1) is 0 Å². The average molecular weight is 312 g/mol. The molecule has 2 rings (SSSR count). The fourth-order valence-electron chi connectivity index (χ4n) is 1.66. The van der Waals surface area contributed by atoms with Crippen LogP contribution in [-0.4, -0.2) is 26.8 Å². The minimum Gasteiger partial charge on any atom is -0.496 e. The van der Waals surface area contributed by atoms with Crippen molar-refractivity contribution in [1.82, 2.24) is 4.98 Å². The zero-order chi connectivity index (χ0) is 14.7. The van der Waals surface area contributed by atoms with Crippen LogP contribution in [-0.2, 0) is 11.1 Å². The van der Waals surface area contributed by atoms with E-state index in [1.165, 1.54) is 13.3 Å². The topological polar surface area (TPSA) is 88.5 Å². The molecule has 0 saturated heterocycles. The molecule has 1 aromatic carbocycles. The Morgan fingerprint density at radius 1 is 1.50 bits per heavy atom. The number of methoxy groups -OCH3 is 1. The molecule has 1 unspecified atom stereocenters. The lowest BCUT2D eigenvalue weighted by molar-refractivity contribution is 0.102. The molecule has 20 heavy (non-hydrogen) atoms. The summed E-state index contributed by atoms with van der Waals surface area (Å²) in [6.45, 7) is 1.84. The number of thiazole rings is 1. The summed E-state index contributed by atoms with van der Waals surface area (Å²) in [7, 11) is 1.50. The molecule has 0 aliphatic carbocycles. The Morgan fingerprint density at radius 2 is 2.25 bits per heavy atom. The van der Waals surface area contributed by atoms with Crippen LogP contribution >= 0.6 is 11.3 Å². The Balaban J connectivity index is 2.23. The van der Waals surface area contributed by atoms with Crippen molar-refractivity contribution in [3.05, 3.63) is 35.5 Å². The standard InChI is InChI=1S/C12H12N2O4S2/c1-7-4-3-5-8(10(7)18-2)11(15)14-12-13-6-9(19-12)20(16)17/h3-6H,1-2H3,(H,16,17)(H,13,14,15). The maximum absolute atomic E-state index is 12.2. The second-order valence-electron chi connectivity index (χ2n) is 3.84. The van der Waals surface area contributed by atoms with Gasteiger partial charge in [-0.2, -0.15) is 0 Å². The van der Waals surface area contributed by atoms with Crippen LogP contribution in [0.5, 0.6) is 5.75 Å². The van der Waals surface area contributed by atoms with Gasteiger partial charge in [-0.1, -0.05) is 23.5 Å². The zero-order valence-electron chi connectivity index (χ0n) is 10.7. The molecule has 1 amide bonds. The number of nitrogens with one attached hydrogen (secondary N) is 1. The van der Waals surface area contributed by atoms with Gasteiger partial charge in [-0.25, -0.2) is 9.19 Å². The van der Waals surface area contributed by atoms with Gasteiger partial charge in [-0.05, 0) is 18.6 Å². The highest BCUT2D eigenvalue weighted by molar-refractivity contribution is 7.81. The molecular weight excluding hydrogens is 300 g/mol. The molecule has 0 bridgehead atoms. The Labute approximate surface area is 122 Å². The molecule has 0 saturated carbocycles. The van der Waals surface area contributed by atoms with E-state index in [0.29, 0.717) is 11.3 Å². The summed E-state index contributed by atoms with van der Waals surface area (Å²) in [5.74, 6) is 0.114. The number of nitrogens with zero attached hydrogens (tertiary/aromatic N) is 1. The fraction of sp³-hybridized carbons (Fsp3) is 0.167. The van der Waals surface area contributed by atoms with E-state index in [2.05, 4.69) is 10.3 Å². The minimum absolute atomic E-state index is 0.177. The predicted octanol–water partition coefficient (Wildman–Crippen LogP) is 2.29. The number of carbonyl (C=O) groups is 1.